The summed E-state index contributed by atoms with van der Waals surface area (Å²) in [5.41, 5.74) is 0.738. The Balaban J connectivity index is 4.84. The molecule has 0 aliphatic rings. The van der Waals surface area contributed by atoms with Gasteiger partial charge in [-0.3, -0.25) is 4.79 Å². The first-order valence-corrected chi connectivity index (χ1v) is 6.00. The molecule has 1 atom stereocenters. The Morgan fingerprint density at radius 3 is 2.12 bits per heavy atom. The van der Waals surface area contributed by atoms with E-state index in [4.69, 9.17) is 0 Å². The fourth-order valence-electron chi connectivity index (χ4n) is 1.86. The van der Waals surface area contributed by atoms with Gasteiger partial charge in [0.25, 0.3) is 0 Å². The van der Waals surface area contributed by atoms with Crippen LogP contribution in [0, 0.1) is 11.3 Å². The second kappa shape index (κ2) is 6.53. The van der Waals surface area contributed by atoms with Crippen molar-refractivity contribution in [3.63, 3.8) is 0 Å². The smallest absolute Gasteiger partial charge is 0.137 e. The first kappa shape index (κ1) is 15.8. The van der Waals surface area contributed by atoms with Crippen molar-refractivity contribution in [1.29, 1.82) is 0 Å². The molecule has 1 unspecified atom stereocenters. The molecule has 0 spiro atoms. The van der Waals surface area contributed by atoms with Crippen LogP contribution in [0.1, 0.15) is 47.5 Å². The van der Waals surface area contributed by atoms with Crippen molar-refractivity contribution in [2.75, 3.05) is 0 Å². The van der Waals surface area contributed by atoms with Gasteiger partial charge in [0, 0.05) is 12.3 Å². The summed E-state index contributed by atoms with van der Waals surface area (Å²) >= 11 is 0. The second-order valence-corrected chi connectivity index (χ2v) is 5.48. The molecule has 0 rings (SSSR count). The number of allylic oxidation sites excluding steroid dienone is 3. The molecule has 0 fully saturated rings. The van der Waals surface area contributed by atoms with Crippen LogP contribution < -0.4 is 0 Å². The molecule has 0 aromatic carbocycles. The monoisotopic (exact) mass is 236 g/mol. The highest BCUT2D eigenvalue weighted by Crippen LogP contribution is 2.34. The molecule has 0 saturated carbocycles. The van der Waals surface area contributed by atoms with Gasteiger partial charge in [-0.1, -0.05) is 38.2 Å². The van der Waals surface area contributed by atoms with Gasteiger partial charge in [0.1, 0.15) is 11.6 Å². The molecule has 0 saturated heterocycles. The lowest BCUT2D eigenvalue weighted by molar-refractivity contribution is -0.123. The normalized spacial score (nSPS) is 13.7. The number of carbonyl (C=O) groups excluding carboxylic acids is 2. The zero-order valence-electron chi connectivity index (χ0n) is 11.7. The van der Waals surface area contributed by atoms with Crippen molar-refractivity contribution >= 4 is 11.6 Å². The van der Waals surface area contributed by atoms with E-state index in [1.807, 2.05) is 32.9 Å². The number of Topliss-reactive ketones (excluding diaryl/α,β-unsaturated/α-hetero) is 2. The van der Waals surface area contributed by atoms with E-state index in [1.165, 1.54) is 0 Å². The van der Waals surface area contributed by atoms with Gasteiger partial charge in [0.05, 0.1) is 0 Å². The molecule has 0 aliphatic heterocycles. The van der Waals surface area contributed by atoms with Gasteiger partial charge in [-0.2, -0.15) is 0 Å². The van der Waals surface area contributed by atoms with Crippen molar-refractivity contribution in [1.82, 2.24) is 0 Å². The molecule has 17 heavy (non-hydrogen) atoms. The highest BCUT2D eigenvalue weighted by atomic mass is 16.1. The lowest BCUT2D eigenvalue weighted by atomic mass is 9.73. The molecule has 0 radical (unpaired) electrons. The Morgan fingerprint density at radius 2 is 1.76 bits per heavy atom. The highest BCUT2D eigenvalue weighted by molar-refractivity contribution is 5.81. The van der Waals surface area contributed by atoms with Gasteiger partial charge >= 0.3 is 0 Å². The zero-order valence-corrected chi connectivity index (χ0v) is 11.7. The summed E-state index contributed by atoms with van der Waals surface area (Å²) in [6.07, 6.45) is 5.04. The van der Waals surface area contributed by atoms with Crippen molar-refractivity contribution < 1.29 is 9.59 Å². The van der Waals surface area contributed by atoms with Crippen LogP contribution >= 0.6 is 0 Å². The average molecular weight is 236 g/mol. The lowest BCUT2D eigenvalue weighted by Gasteiger charge is -2.30. The van der Waals surface area contributed by atoms with Gasteiger partial charge in [0.15, 0.2) is 0 Å². The lowest BCUT2D eigenvalue weighted by Crippen LogP contribution is -2.28. The summed E-state index contributed by atoms with van der Waals surface area (Å²) in [5.74, 6) is 0.152. The third kappa shape index (κ3) is 6.20. The van der Waals surface area contributed by atoms with Crippen LogP contribution in [0.5, 0.6) is 0 Å². The first-order valence-electron chi connectivity index (χ1n) is 6.00. The maximum absolute atomic E-state index is 11.7. The molecule has 0 bridgehead atoms. The van der Waals surface area contributed by atoms with Gasteiger partial charge in [-0.05, 0) is 32.6 Å². The van der Waals surface area contributed by atoms with E-state index in [0.717, 1.165) is 12.0 Å². The van der Waals surface area contributed by atoms with Gasteiger partial charge in [-0.15, -0.1) is 0 Å². The molecule has 0 aliphatic carbocycles. The maximum atomic E-state index is 11.7. The van der Waals surface area contributed by atoms with E-state index in [0.29, 0.717) is 6.42 Å². The van der Waals surface area contributed by atoms with Crippen LogP contribution in [0.15, 0.2) is 24.3 Å². The Hall–Kier alpha value is -1.18. The highest BCUT2D eigenvalue weighted by Gasteiger charge is 2.30. The number of ketones is 2. The predicted octanol–water partition coefficient (Wildman–Crippen LogP) is 3.72. The van der Waals surface area contributed by atoms with Crippen LogP contribution in [0.3, 0.4) is 0 Å². The molecular weight excluding hydrogens is 212 g/mol. The van der Waals surface area contributed by atoms with Crippen molar-refractivity contribution in [3.05, 3.63) is 24.3 Å². The quantitative estimate of drug-likeness (QED) is 0.631. The fourth-order valence-corrected chi connectivity index (χ4v) is 1.86. The molecular formula is C15H24O2. The summed E-state index contributed by atoms with van der Waals surface area (Å²) in [5, 5.41) is 0. The summed E-state index contributed by atoms with van der Waals surface area (Å²) in [4.78, 5) is 22.7. The van der Waals surface area contributed by atoms with Crippen LogP contribution in [0.2, 0.25) is 0 Å². The SMILES string of the molecule is C=C(C)/C=C/C(C(C)=O)C(C)(C)CCC(C)=O. The Bertz CT molecular complexity index is 335. The number of rotatable bonds is 7. The minimum Gasteiger partial charge on any atom is -0.300 e. The minimum absolute atomic E-state index is 0.135. The molecule has 0 amide bonds. The number of carbonyl (C=O) groups is 2. The summed E-state index contributed by atoms with van der Waals surface area (Å²) in [7, 11) is 0. The molecule has 0 heterocycles. The van der Waals surface area contributed by atoms with Crippen LogP contribution in [0.25, 0.3) is 0 Å². The van der Waals surface area contributed by atoms with E-state index in [1.54, 1.807) is 13.8 Å². The molecule has 0 N–H and O–H groups in total. The van der Waals surface area contributed by atoms with Crippen molar-refractivity contribution in [3.8, 4) is 0 Å². The van der Waals surface area contributed by atoms with Crippen LogP contribution in [-0.2, 0) is 9.59 Å². The van der Waals surface area contributed by atoms with Gasteiger partial charge in [-0.25, -0.2) is 0 Å². The summed E-state index contributed by atoms with van der Waals surface area (Å²) in [6, 6.07) is 0. The Labute approximate surface area is 105 Å². The largest absolute Gasteiger partial charge is 0.300 e. The third-order valence-corrected chi connectivity index (χ3v) is 2.97. The van der Waals surface area contributed by atoms with E-state index in [9.17, 15) is 9.59 Å². The second-order valence-electron chi connectivity index (χ2n) is 5.48. The topological polar surface area (TPSA) is 34.1 Å². The van der Waals surface area contributed by atoms with Crippen LogP contribution in [-0.4, -0.2) is 11.6 Å². The van der Waals surface area contributed by atoms with Crippen LogP contribution in [0.4, 0.5) is 0 Å². The van der Waals surface area contributed by atoms with E-state index >= 15 is 0 Å². The number of hydrogen-bond donors (Lipinski definition) is 0. The summed E-state index contributed by atoms with van der Waals surface area (Å²) < 4.78 is 0. The van der Waals surface area contributed by atoms with E-state index in [2.05, 4.69) is 6.58 Å². The average Bonchev–Trinajstić information content (AvgIpc) is 2.13. The van der Waals surface area contributed by atoms with Gasteiger partial charge in [0.2, 0.25) is 0 Å². The Morgan fingerprint density at radius 1 is 1.24 bits per heavy atom. The maximum Gasteiger partial charge on any atom is 0.137 e. The molecule has 2 nitrogen and oxygen atoms in total. The molecule has 96 valence electrons. The van der Waals surface area contributed by atoms with Gasteiger partial charge < -0.3 is 4.79 Å². The predicted molar refractivity (Wildman–Crippen MR) is 71.8 cm³/mol. The first-order chi connectivity index (χ1) is 7.66. The van der Waals surface area contributed by atoms with E-state index in [-0.39, 0.29) is 22.9 Å². The molecule has 0 aromatic rings. The Kier molecular flexibility index (Phi) is 6.08. The number of hydrogen-bond acceptors (Lipinski definition) is 2. The van der Waals surface area contributed by atoms with E-state index < -0.39 is 0 Å². The molecule has 2 heteroatoms. The summed E-state index contributed by atoms with van der Waals surface area (Å²) in [6.45, 7) is 12.9. The standard InChI is InChI=1S/C15H24O2/c1-11(2)7-8-14(13(4)17)15(5,6)10-9-12(3)16/h7-8,14H,1,9-10H2,2-6H3/b8-7+. The van der Waals surface area contributed by atoms with Crippen molar-refractivity contribution in [2.45, 2.75) is 47.5 Å². The third-order valence-electron chi connectivity index (χ3n) is 2.97. The molecule has 0 aromatic heterocycles. The van der Waals surface area contributed by atoms with Crippen molar-refractivity contribution in [2.24, 2.45) is 11.3 Å². The zero-order chi connectivity index (χ0) is 13.6. The minimum atomic E-state index is -0.191. The fraction of sp³-hybridized carbons (Fsp3) is 0.600.